The molecule has 2 nitrogen and oxygen atoms in total. The summed E-state index contributed by atoms with van der Waals surface area (Å²) in [5, 5.41) is 0. The Labute approximate surface area is 45.5 Å². The van der Waals surface area contributed by atoms with Gasteiger partial charge in [0.2, 0.25) is 0 Å². The van der Waals surface area contributed by atoms with Gasteiger partial charge in [-0.2, -0.15) is 0 Å². The molecule has 3 heteroatoms. The van der Waals surface area contributed by atoms with Crippen molar-refractivity contribution in [2.45, 2.75) is 6.92 Å². The Bertz CT molecular complexity index is 96.3. The van der Waals surface area contributed by atoms with Crippen molar-refractivity contribution < 1.29 is 8.42 Å². The minimum atomic E-state index is -2.20. The number of hydrogen-bond acceptors (Lipinski definition) is 2. The molecule has 0 rings (SSSR count). The van der Waals surface area contributed by atoms with Crippen LogP contribution in [0, 0.1) is 12.8 Å². The first-order valence-corrected chi connectivity index (χ1v) is 3.44. The molecule has 0 fully saturated rings. The third-order valence-electron chi connectivity index (χ3n) is 0.461. The molecule has 43 valence electrons. The van der Waals surface area contributed by atoms with Crippen molar-refractivity contribution in [2.24, 2.45) is 5.92 Å². The molecule has 0 saturated carbocycles. The summed E-state index contributed by atoms with van der Waals surface area (Å²) >= 11 is 0. The maximum Gasteiger partial charge on any atom is 0.140 e. The molecule has 0 aliphatic carbocycles. The van der Waals surface area contributed by atoms with Gasteiger partial charge in [-0.05, 0) is 12.8 Å². The standard InChI is InChI=1S/C4H9O2S/c1-4(2)3-7(5)6/h4,7H,1,3H2,2H3. The molecule has 0 aliphatic rings. The van der Waals surface area contributed by atoms with E-state index in [-0.39, 0.29) is 11.7 Å². The molecule has 0 aromatic heterocycles. The van der Waals surface area contributed by atoms with Gasteiger partial charge in [-0.15, -0.1) is 0 Å². The van der Waals surface area contributed by atoms with Crippen LogP contribution in [0.5, 0.6) is 0 Å². The Hall–Kier alpha value is -0.0500. The van der Waals surface area contributed by atoms with Crippen LogP contribution in [0.2, 0.25) is 0 Å². The van der Waals surface area contributed by atoms with Crippen molar-refractivity contribution >= 4 is 10.7 Å². The molecule has 0 aromatic rings. The van der Waals surface area contributed by atoms with Crippen molar-refractivity contribution in [3.63, 3.8) is 0 Å². The van der Waals surface area contributed by atoms with Crippen LogP contribution in [0.4, 0.5) is 0 Å². The normalized spacial score (nSPS) is 10.9. The molecule has 0 aromatic carbocycles. The quantitative estimate of drug-likeness (QED) is 0.524. The zero-order valence-electron chi connectivity index (χ0n) is 4.26. The zero-order valence-corrected chi connectivity index (χ0v) is 5.15. The van der Waals surface area contributed by atoms with Gasteiger partial charge in [0.1, 0.15) is 10.7 Å². The average Bonchev–Trinajstić information content (AvgIpc) is 1.27. The molecule has 1 atom stereocenters. The largest absolute Gasteiger partial charge is 0.232 e. The number of hydrogen-bond donors (Lipinski definition) is 1. The van der Waals surface area contributed by atoms with Crippen LogP contribution < -0.4 is 0 Å². The van der Waals surface area contributed by atoms with E-state index in [2.05, 4.69) is 6.92 Å². The van der Waals surface area contributed by atoms with E-state index in [1.807, 2.05) is 0 Å². The Morgan fingerprint density at radius 2 is 2.14 bits per heavy atom. The maximum atomic E-state index is 9.81. The van der Waals surface area contributed by atoms with E-state index in [9.17, 15) is 8.42 Å². The van der Waals surface area contributed by atoms with E-state index in [1.54, 1.807) is 6.92 Å². The van der Waals surface area contributed by atoms with Crippen molar-refractivity contribution in [3.8, 4) is 0 Å². The Morgan fingerprint density at radius 3 is 2.14 bits per heavy atom. The summed E-state index contributed by atoms with van der Waals surface area (Å²) in [6.45, 7) is 5.26. The highest BCUT2D eigenvalue weighted by Crippen LogP contribution is 1.87. The van der Waals surface area contributed by atoms with Gasteiger partial charge >= 0.3 is 0 Å². The second-order valence-electron chi connectivity index (χ2n) is 1.62. The van der Waals surface area contributed by atoms with Crippen molar-refractivity contribution in [1.29, 1.82) is 0 Å². The predicted molar refractivity (Wildman–Crippen MR) is 29.7 cm³/mol. The van der Waals surface area contributed by atoms with Gasteiger partial charge in [-0.3, -0.25) is 0 Å². The van der Waals surface area contributed by atoms with Crippen molar-refractivity contribution in [3.05, 3.63) is 6.92 Å². The Morgan fingerprint density at radius 1 is 1.71 bits per heavy atom. The molecule has 0 bridgehead atoms. The summed E-state index contributed by atoms with van der Waals surface area (Å²) in [6.07, 6.45) is 0. The van der Waals surface area contributed by atoms with Crippen LogP contribution in [-0.4, -0.2) is 14.2 Å². The maximum absolute atomic E-state index is 9.81. The highest BCUT2D eigenvalue weighted by molar-refractivity contribution is 7.72. The summed E-state index contributed by atoms with van der Waals surface area (Å²) in [7, 11) is -2.20. The topological polar surface area (TPSA) is 34.1 Å². The van der Waals surface area contributed by atoms with E-state index in [4.69, 9.17) is 0 Å². The van der Waals surface area contributed by atoms with Gasteiger partial charge in [-0.1, -0.05) is 6.92 Å². The van der Waals surface area contributed by atoms with E-state index in [1.165, 1.54) is 0 Å². The van der Waals surface area contributed by atoms with Gasteiger partial charge in [0.25, 0.3) is 0 Å². The molecule has 0 spiro atoms. The number of thiol groups is 1. The van der Waals surface area contributed by atoms with Crippen LogP contribution in [0.1, 0.15) is 6.92 Å². The molecular formula is C4H9O2S. The van der Waals surface area contributed by atoms with Crippen molar-refractivity contribution in [2.75, 3.05) is 5.75 Å². The van der Waals surface area contributed by atoms with Gasteiger partial charge < -0.3 is 0 Å². The van der Waals surface area contributed by atoms with E-state index >= 15 is 0 Å². The molecule has 0 N–H and O–H groups in total. The second kappa shape index (κ2) is 3.02. The third-order valence-corrected chi connectivity index (χ3v) is 1.38. The molecule has 0 heterocycles. The van der Waals surface area contributed by atoms with Crippen LogP contribution in [-0.2, 0) is 10.7 Å². The van der Waals surface area contributed by atoms with Crippen LogP contribution in [0.3, 0.4) is 0 Å². The van der Waals surface area contributed by atoms with E-state index in [0.717, 1.165) is 0 Å². The van der Waals surface area contributed by atoms with Crippen LogP contribution >= 0.6 is 0 Å². The van der Waals surface area contributed by atoms with Gasteiger partial charge in [0.05, 0.1) is 5.75 Å². The van der Waals surface area contributed by atoms with Gasteiger partial charge in [0.15, 0.2) is 0 Å². The minimum absolute atomic E-state index is 0.0288. The SMILES string of the molecule is [CH2]C(C)C[SH](=O)=O. The monoisotopic (exact) mass is 121 g/mol. The Balaban J connectivity index is 3.32. The molecule has 7 heavy (non-hydrogen) atoms. The summed E-state index contributed by atoms with van der Waals surface area (Å²) in [4.78, 5) is 0. The van der Waals surface area contributed by atoms with Gasteiger partial charge in [0, 0.05) is 0 Å². The first-order valence-electron chi connectivity index (χ1n) is 2.08. The fraction of sp³-hybridized carbons (Fsp3) is 0.750. The summed E-state index contributed by atoms with van der Waals surface area (Å²) in [6, 6.07) is 0. The summed E-state index contributed by atoms with van der Waals surface area (Å²) < 4.78 is 19.6. The molecule has 0 saturated heterocycles. The molecular weight excluding hydrogens is 112 g/mol. The first-order chi connectivity index (χ1) is 3.13. The lowest BCUT2D eigenvalue weighted by Crippen LogP contribution is -1.96. The molecule has 1 radical (unpaired) electrons. The van der Waals surface area contributed by atoms with Crippen molar-refractivity contribution in [1.82, 2.24) is 0 Å². The highest BCUT2D eigenvalue weighted by atomic mass is 32.2. The smallest absolute Gasteiger partial charge is 0.140 e. The lowest BCUT2D eigenvalue weighted by Gasteiger charge is -1.90. The minimum Gasteiger partial charge on any atom is -0.232 e. The van der Waals surface area contributed by atoms with E-state index < -0.39 is 10.7 Å². The highest BCUT2D eigenvalue weighted by Gasteiger charge is 1.91. The van der Waals surface area contributed by atoms with Crippen LogP contribution in [0.15, 0.2) is 0 Å². The molecule has 0 aliphatic heterocycles. The zero-order chi connectivity index (χ0) is 5.86. The van der Waals surface area contributed by atoms with E-state index in [0.29, 0.717) is 0 Å². The molecule has 0 amide bonds. The fourth-order valence-corrected chi connectivity index (χ4v) is 0.763. The predicted octanol–water partition coefficient (Wildman–Crippen LogP) is 0.0680. The summed E-state index contributed by atoms with van der Waals surface area (Å²) in [5.74, 6) is 0.233. The average molecular weight is 121 g/mol. The van der Waals surface area contributed by atoms with Gasteiger partial charge in [-0.25, -0.2) is 8.42 Å². The third kappa shape index (κ3) is 5.95. The van der Waals surface area contributed by atoms with Crippen LogP contribution in [0.25, 0.3) is 0 Å². The number of rotatable bonds is 2. The fourth-order valence-electron chi connectivity index (χ4n) is 0.254. The second-order valence-corrected chi connectivity index (χ2v) is 2.65. The molecule has 1 unspecified atom stereocenters. The lowest BCUT2D eigenvalue weighted by molar-refractivity contribution is 0.607. The first kappa shape index (κ1) is 6.95. The summed E-state index contributed by atoms with van der Waals surface area (Å²) in [5.41, 5.74) is 0. The lowest BCUT2D eigenvalue weighted by atomic mass is 10.3. The Kier molecular flexibility index (Phi) is 3.00.